The molecule has 2 aromatic heterocycles. The van der Waals surface area contributed by atoms with Crippen LogP contribution >= 0.6 is 0 Å². The molecular weight excluding hydrogens is 372 g/mol. The highest BCUT2D eigenvalue weighted by atomic mass is 32.2. The Morgan fingerprint density at radius 3 is 2.48 bits per heavy atom. The predicted octanol–water partition coefficient (Wildman–Crippen LogP) is 2.10. The van der Waals surface area contributed by atoms with E-state index in [1.807, 2.05) is 18.2 Å². The van der Waals surface area contributed by atoms with Gasteiger partial charge in [0.25, 0.3) is 0 Å². The molecule has 0 bridgehead atoms. The highest BCUT2D eigenvalue weighted by Gasteiger charge is 2.41. The molecule has 0 atom stereocenters. The molecule has 0 unspecified atom stereocenters. The number of para-hydroxylation sites is 1. The first kappa shape index (κ1) is 17.7. The van der Waals surface area contributed by atoms with Gasteiger partial charge in [-0.3, -0.25) is 0 Å². The van der Waals surface area contributed by atoms with E-state index in [0.29, 0.717) is 28.7 Å². The summed E-state index contributed by atoms with van der Waals surface area (Å²) in [5.41, 5.74) is 1.05. The van der Waals surface area contributed by atoms with Crippen molar-refractivity contribution in [2.75, 3.05) is 13.1 Å². The van der Waals surface area contributed by atoms with Crippen molar-refractivity contribution in [1.82, 2.24) is 19.6 Å². The summed E-state index contributed by atoms with van der Waals surface area (Å²) < 4.78 is 42.8. The number of rotatable bonds is 5. The van der Waals surface area contributed by atoms with Gasteiger partial charge in [-0.2, -0.15) is 9.29 Å². The van der Waals surface area contributed by atoms with Crippen LogP contribution in [-0.4, -0.2) is 47.2 Å². The van der Waals surface area contributed by atoms with Gasteiger partial charge in [-0.1, -0.05) is 22.4 Å². The topological polar surface area (TPSA) is 112 Å². The smallest absolute Gasteiger partial charge is 0.248 e. The number of benzene rings is 1. The molecule has 0 spiro atoms. The number of ether oxygens (including phenoxy) is 1. The zero-order valence-electron chi connectivity index (χ0n) is 15.0. The standard InChI is InChI=1S/C17H18N4O5S/c1-10-16(11(2)25-19-10)27(22,23)21-8-13(9-21)24-15-7-5-4-6-14(15)17-18-12(3)26-20-17/h4-7,13H,8-9H2,1-3H3. The Bertz CT molecular complexity index is 1060. The SMILES string of the molecule is Cc1nc(-c2ccccc2OC2CN(S(=O)(=O)c3c(C)noc3C)C2)no1. The Hall–Kier alpha value is -2.72. The van der Waals surface area contributed by atoms with Crippen LogP contribution in [0.5, 0.6) is 5.75 Å². The molecule has 0 N–H and O–H groups in total. The Kier molecular flexibility index (Phi) is 4.23. The van der Waals surface area contributed by atoms with Gasteiger partial charge in [0.2, 0.25) is 21.7 Å². The summed E-state index contributed by atoms with van der Waals surface area (Å²) in [6, 6.07) is 7.31. The Morgan fingerprint density at radius 2 is 1.85 bits per heavy atom. The maximum atomic E-state index is 12.7. The van der Waals surface area contributed by atoms with Crippen molar-refractivity contribution in [2.45, 2.75) is 31.8 Å². The fraction of sp³-hybridized carbons (Fsp3) is 0.353. The Labute approximate surface area is 156 Å². The molecule has 0 saturated carbocycles. The number of hydrogen-bond donors (Lipinski definition) is 0. The van der Waals surface area contributed by atoms with Crippen molar-refractivity contribution in [1.29, 1.82) is 0 Å². The second-order valence-electron chi connectivity index (χ2n) is 6.35. The van der Waals surface area contributed by atoms with Crippen LogP contribution in [0.2, 0.25) is 0 Å². The summed E-state index contributed by atoms with van der Waals surface area (Å²) in [5, 5.41) is 7.64. The number of nitrogens with zero attached hydrogens (tertiary/aromatic N) is 4. The average Bonchev–Trinajstić information content (AvgIpc) is 3.16. The second-order valence-corrected chi connectivity index (χ2v) is 8.22. The number of sulfonamides is 1. The lowest BCUT2D eigenvalue weighted by atomic mass is 10.1. The van der Waals surface area contributed by atoms with Gasteiger partial charge in [-0.25, -0.2) is 8.42 Å². The molecule has 0 aliphatic carbocycles. The summed E-state index contributed by atoms with van der Waals surface area (Å²) >= 11 is 0. The zero-order valence-corrected chi connectivity index (χ0v) is 15.9. The van der Waals surface area contributed by atoms with Crippen molar-refractivity contribution in [3.05, 3.63) is 41.6 Å². The third kappa shape index (κ3) is 3.10. The summed E-state index contributed by atoms with van der Waals surface area (Å²) in [6.07, 6.45) is -0.269. The summed E-state index contributed by atoms with van der Waals surface area (Å²) in [5.74, 6) is 1.76. The van der Waals surface area contributed by atoms with Crippen molar-refractivity contribution >= 4 is 10.0 Å². The van der Waals surface area contributed by atoms with E-state index in [9.17, 15) is 8.42 Å². The van der Waals surface area contributed by atoms with Crippen LogP contribution in [0.3, 0.4) is 0 Å². The minimum absolute atomic E-state index is 0.128. The van der Waals surface area contributed by atoms with E-state index < -0.39 is 10.0 Å². The molecular formula is C17H18N4O5S. The normalized spacial score (nSPS) is 15.7. The first-order valence-electron chi connectivity index (χ1n) is 8.35. The molecule has 1 aliphatic rings. The van der Waals surface area contributed by atoms with Gasteiger partial charge in [0.15, 0.2) is 5.76 Å². The quantitative estimate of drug-likeness (QED) is 0.651. The zero-order chi connectivity index (χ0) is 19.2. The lowest BCUT2D eigenvalue weighted by molar-refractivity contribution is 0.0766. The monoisotopic (exact) mass is 390 g/mol. The molecule has 27 heavy (non-hydrogen) atoms. The third-order valence-electron chi connectivity index (χ3n) is 4.33. The second kappa shape index (κ2) is 6.46. The number of aryl methyl sites for hydroxylation is 3. The van der Waals surface area contributed by atoms with Gasteiger partial charge in [-0.15, -0.1) is 0 Å². The van der Waals surface area contributed by atoms with E-state index in [0.717, 1.165) is 0 Å². The van der Waals surface area contributed by atoms with E-state index in [2.05, 4.69) is 15.3 Å². The van der Waals surface area contributed by atoms with Gasteiger partial charge in [0.05, 0.1) is 18.7 Å². The van der Waals surface area contributed by atoms with Crippen LogP contribution in [0.1, 0.15) is 17.3 Å². The number of hydrogen-bond acceptors (Lipinski definition) is 8. The van der Waals surface area contributed by atoms with E-state index in [1.165, 1.54) is 4.31 Å². The van der Waals surface area contributed by atoms with Gasteiger partial charge in [0, 0.05) is 6.92 Å². The van der Waals surface area contributed by atoms with E-state index in [1.54, 1.807) is 26.8 Å². The van der Waals surface area contributed by atoms with Crippen molar-refractivity contribution in [3.8, 4) is 17.1 Å². The van der Waals surface area contributed by atoms with Gasteiger partial charge < -0.3 is 13.8 Å². The van der Waals surface area contributed by atoms with Gasteiger partial charge in [0.1, 0.15) is 22.4 Å². The Morgan fingerprint density at radius 1 is 1.11 bits per heavy atom. The lowest BCUT2D eigenvalue weighted by Gasteiger charge is -2.37. The third-order valence-corrected chi connectivity index (χ3v) is 6.41. The summed E-state index contributed by atoms with van der Waals surface area (Å²) in [6.45, 7) is 5.39. The molecule has 142 valence electrons. The van der Waals surface area contributed by atoms with E-state index in [4.69, 9.17) is 13.8 Å². The Balaban J connectivity index is 1.49. The fourth-order valence-corrected chi connectivity index (χ4v) is 4.78. The molecule has 1 fully saturated rings. The summed E-state index contributed by atoms with van der Waals surface area (Å²) in [7, 11) is -3.65. The molecule has 10 heteroatoms. The largest absolute Gasteiger partial charge is 0.487 e. The highest BCUT2D eigenvalue weighted by Crippen LogP contribution is 2.32. The number of aromatic nitrogens is 3. The van der Waals surface area contributed by atoms with E-state index in [-0.39, 0.29) is 29.8 Å². The van der Waals surface area contributed by atoms with Crippen LogP contribution in [0.15, 0.2) is 38.2 Å². The molecule has 9 nitrogen and oxygen atoms in total. The van der Waals surface area contributed by atoms with Crippen molar-refractivity contribution in [2.24, 2.45) is 0 Å². The molecule has 1 aliphatic heterocycles. The average molecular weight is 390 g/mol. The minimum atomic E-state index is -3.65. The maximum absolute atomic E-state index is 12.7. The van der Waals surface area contributed by atoms with Gasteiger partial charge >= 0.3 is 0 Å². The molecule has 0 radical (unpaired) electrons. The molecule has 3 heterocycles. The molecule has 3 aromatic rings. The first-order chi connectivity index (χ1) is 12.9. The molecule has 1 aromatic carbocycles. The maximum Gasteiger partial charge on any atom is 0.248 e. The fourth-order valence-electron chi connectivity index (χ4n) is 2.99. The minimum Gasteiger partial charge on any atom is -0.487 e. The predicted molar refractivity (Wildman–Crippen MR) is 93.6 cm³/mol. The van der Waals surface area contributed by atoms with Crippen molar-refractivity contribution in [3.63, 3.8) is 0 Å². The highest BCUT2D eigenvalue weighted by molar-refractivity contribution is 7.89. The van der Waals surface area contributed by atoms with Gasteiger partial charge in [-0.05, 0) is 26.0 Å². The van der Waals surface area contributed by atoms with Crippen LogP contribution in [0, 0.1) is 20.8 Å². The van der Waals surface area contributed by atoms with E-state index >= 15 is 0 Å². The van der Waals surface area contributed by atoms with Crippen molar-refractivity contribution < 1.29 is 22.2 Å². The summed E-state index contributed by atoms with van der Waals surface area (Å²) in [4.78, 5) is 4.35. The van der Waals surface area contributed by atoms with Crippen LogP contribution in [0.4, 0.5) is 0 Å². The molecule has 4 rings (SSSR count). The van der Waals surface area contributed by atoms with Crippen LogP contribution < -0.4 is 4.74 Å². The van der Waals surface area contributed by atoms with Crippen LogP contribution in [-0.2, 0) is 10.0 Å². The lowest BCUT2D eigenvalue weighted by Crippen LogP contribution is -2.56. The van der Waals surface area contributed by atoms with Crippen LogP contribution in [0.25, 0.3) is 11.4 Å². The first-order valence-corrected chi connectivity index (χ1v) is 9.79. The molecule has 0 amide bonds. The molecule has 1 saturated heterocycles.